The molecule has 174 valence electrons. The number of ether oxygens (including phenoxy) is 2. The van der Waals surface area contributed by atoms with E-state index in [1.807, 2.05) is 29.7 Å². The van der Waals surface area contributed by atoms with Crippen LogP contribution in [0.2, 0.25) is 0 Å². The minimum Gasteiger partial charge on any atom is -0.434 e. The van der Waals surface area contributed by atoms with Crippen LogP contribution in [0.5, 0.6) is 5.75 Å². The molecule has 0 unspecified atom stereocenters. The predicted molar refractivity (Wildman–Crippen MR) is 121 cm³/mol. The molecule has 1 saturated heterocycles. The second kappa shape index (κ2) is 9.14. The molecule has 3 heterocycles. The zero-order valence-electron chi connectivity index (χ0n) is 18.3. The molecular weight excluding hydrogens is 444 g/mol. The Bertz CT molecular complexity index is 1340. The van der Waals surface area contributed by atoms with Crippen molar-refractivity contribution < 1.29 is 23.0 Å². The van der Waals surface area contributed by atoms with Crippen molar-refractivity contribution in [1.29, 1.82) is 0 Å². The van der Waals surface area contributed by atoms with E-state index in [-0.39, 0.29) is 18.3 Å². The van der Waals surface area contributed by atoms with Crippen molar-refractivity contribution in [3.63, 3.8) is 0 Å². The number of carbonyl (C=O) groups excluding carboxylic acids is 1. The van der Waals surface area contributed by atoms with E-state index < -0.39 is 6.61 Å². The quantitative estimate of drug-likeness (QED) is 0.431. The van der Waals surface area contributed by atoms with E-state index in [4.69, 9.17) is 4.74 Å². The fourth-order valence-corrected chi connectivity index (χ4v) is 3.98. The van der Waals surface area contributed by atoms with Crippen LogP contribution in [0.15, 0.2) is 54.9 Å². The number of amides is 1. The Labute approximate surface area is 193 Å². The van der Waals surface area contributed by atoms with Crippen molar-refractivity contribution in [2.45, 2.75) is 20.1 Å². The molecule has 1 aliphatic rings. The molecule has 0 aliphatic carbocycles. The minimum atomic E-state index is -2.90. The van der Waals surface area contributed by atoms with Crippen LogP contribution in [0.25, 0.3) is 22.2 Å². The molecule has 0 N–H and O–H groups in total. The number of carbonyl (C=O) groups is 1. The Morgan fingerprint density at radius 2 is 1.91 bits per heavy atom. The van der Waals surface area contributed by atoms with Crippen molar-refractivity contribution in [3.8, 4) is 16.9 Å². The Hall–Kier alpha value is -3.92. The molecule has 0 saturated carbocycles. The fourth-order valence-electron chi connectivity index (χ4n) is 3.98. The van der Waals surface area contributed by atoms with E-state index in [0.717, 1.165) is 28.0 Å². The lowest BCUT2D eigenvalue weighted by atomic mass is 10.1. The maximum absolute atomic E-state index is 12.8. The average molecular weight is 465 g/mol. The van der Waals surface area contributed by atoms with Gasteiger partial charge in [0.05, 0.1) is 30.7 Å². The van der Waals surface area contributed by atoms with Crippen LogP contribution < -0.4 is 9.64 Å². The third-order valence-electron chi connectivity index (χ3n) is 5.66. The highest BCUT2D eigenvalue weighted by atomic mass is 19.3. The van der Waals surface area contributed by atoms with Crippen molar-refractivity contribution in [3.05, 3.63) is 66.2 Å². The lowest BCUT2D eigenvalue weighted by Gasteiger charge is -2.24. The van der Waals surface area contributed by atoms with Gasteiger partial charge in [-0.2, -0.15) is 8.78 Å². The van der Waals surface area contributed by atoms with E-state index in [9.17, 15) is 13.6 Å². The molecule has 2 aromatic carbocycles. The summed E-state index contributed by atoms with van der Waals surface area (Å²) in [6.45, 7) is 0.179. The first kappa shape index (κ1) is 21.9. The summed E-state index contributed by atoms with van der Waals surface area (Å²) in [6.07, 6.45) is 3.34. The van der Waals surface area contributed by atoms with Crippen LogP contribution in [-0.4, -0.2) is 51.8 Å². The maximum atomic E-state index is 12.8. The Balaban J connectivity index is 1.46. The largest absolute Gasteiger partial charge is 0.434 e. The number of halogens is 2. The molecule has 1 amide bonds. The lowest BCUT2D eigenvalue weighted by Crippen LogP contribution is -2.42. The minimum absolute atomic E-state index is 0.0244. The van der Waals surface area contributed by atoms with Gasteiger partial charge in [0.2, 0.25) is 5.95 Å². The summed E-state index contributed by atoms with van der Waals surface area (Å²) in [4.78, 5) is 26.9. The fraction of sp³-hybridized carbons (Fsp3) is 0.250. The Morgan fingerprint density at radius 1 is 1.12 bits per heavy atom. The molecule has 0 bridgehead atoms. The normalized spacial score (nSPS) is 14.2. The van der Waals surface area contributed by atoms with E-state index in [1.54, 1.807) is 30.6 Å². The van der Waals surface area contributed by atoms with Crippen molar-refractivity contribution in [1.82, 2.24) is 19.5 Å². The van der Waals surface area contributed by atoms with Crippen LogP contribution >= 0.6 is 0 Å². The first-order valence-corrected chi connectivity index (χ1v) is 10.7. The van der Waals surface area contributed by atoms with Crippen molar-refractivity contribution in [2.24, 2.45) is 0 Å². The summed E-state index contributed by atoms with van der Waals surface area (Å²) in [5.74, 6) is 1.05. The summed E-state index contributed by atoms with van der Waals surface area (Å²) in [5.41, 5.74) is 3.89. The van der Waals surface area contributed by atoms with Gasteiger partial charge in [-0.15, -0.1) is 0 Å². The molecule has 1 aliphatic heterocycles. The molecule has 0 spiro atoms. The van der Waals surface area contributed by atoms with Crippen LogP contribution in [0.4, 0.5) is 14.7 Å². The first-order chi connectivity index (χ1) is 16.5. The third kappa shape index (κ3) is 4.32. The van der Waals surface area contributed by atoms with Gasteiger partial charge in [0.1, 0.15) is 18.2 Å². The first-order valence-electron chi connectivity index (χ1n) is 10.7. The van der Waals surface area contributed by atoms with E-state index >= 15 is 0 Å². The zero-order chi connectivity index (χ0) is 23.7. The number of aromatic nitrogens is 4. The highest BCUT2D eigenvalue weighted by Crippen LogP contribution is 2.28. The molecule has 5 rings (SSSR count). The van der Waals surface area contributed by atoms with Gasteiger partial charge >= 0.3 is 6.61 Å². The van der Waals surface area contributed by atoms with E-state index in [2.05, 4.69) is 19.7 Å². The number of hydrogen-bond acceptors (Lipinski definition) is 6. The van der Waals surface area contributed by atoms with Crippen LogP contribution in [-0.2, 0) is 16.1 Å². The SMILES string of the molecule is Cc1nc2ccc(-c3cnc(N4CCOCC4=O)nc3)cc2n1Cc1ccccc1OC(F)F. The van der Waals surface area contributed by atoms with Gasteiger partial charge in [0.15, 0.2) is 0 Å². The summed E-state index contributed by atoms with van der Waals surface area (Å²) < 4.78 is 37.5. The number of imidazole rings is 1. The number of nitrogens with zero attached hydrogens (tertiary/aromatic N) is 5. The van der Waals surface area contributed by atoms with E-state index in [0.29, 0.717) is 31.2 Å². The molecule has 2 aromatic heterocycles. The van der Waals surface area contributed by atoms with Gasteiger partial charge < -0.3 is 14.0 Å². The second-order valence-corrected chi connectivity index (χ2v) is 7.80. The topological polar surface area (TPSA) is 82.4 Å². The van der Waals surface area contributed by atoms with Crippen molar-refractivity contribution >= 4 is 22.9 Å². The van der Waals surface area contributed by atoms with Gasteiger partial charge in [0.25, 0.3) is 5.91 Å². The summed E-state index contributed by atoms with van der Waals surface area (Å²) in [7, 11) is 0. The lowest BCUT2D eigenvalue weighted by molar-refractivity contribution is -0.125. The average Bonchev–Trinajstić information content (AvgIpc) is 3.14. The number of hydrogen-bond donors (Lipinski definition) is 0. The Kier molecular flexibility index (Phi) is 5.89. The van der Waals surface area contributed by atoms with Gasteiger partial charge in [-0.3, -0.25) is 9.69 Å². The molecular formula is C24H21F2N5O3. The number of rotatable bonds is 6. The molecule has 0 atom stereocenters. The number of morpholine rings is 1. The number of benzene rings is 2. The summed E-state index contributed by atoms with van der Waals surface area (Å²) in [5, 5.41) is 0. The molecule has 0 radical (unpaired) electrons. The Morgan fingerprint density at radius 3 is 2.68 bits per heavy atom. The van der Waals surface area contributed by atoms with Gasteiger partial charge in [-0.25, -0.2) is 15.0 Å². The summed E-state index contributed by atoms with van der Waals surface area (Å²) in [6, 6.07) is 12.5. The molecule has 34 heavy (non-hydrogen) atoms. The maximum Gasteiger partial charge on any atom is 0.387 e. The van der Waals surface area contributed by atoms with Crippen molar-refractivity contribution in [2.75, 3.05) is 24.7 Å². The smallest absolute Gasteiger partial charge is 0.387 e. The highest BCUT2D eigenvalue weighted by molar-refractivity contribution is 5.93. The number of alkyl halides is 2. The van der Waals surface area contributed by atoms with Gasteiger partial charge in [0, 0.05) is 23.5 Å². The molecule has 10 heteroatoms. The predicted octanol–water partition coefficient (Wildman–Crippen LogP) is 3.81. The number of anilines is 1. The third-order valence-corrected chi connectivity index (χ3v) is 5.66. The number of aryl methyl sites for hydroxylation is 1. The van der Waals surface area contributed by atoms with Gasteiger partial charge in [-0.05, 0) is 30.7 Å². The monoisotopic (exact) mass is 465 g/mol. The number of para-hydroxylation sites is 1. The zero-order valence-corrected chi connectivity index (χ0v) is 18.3. The molecule has 8 nitrogen and oxygen atoms in total. The van der Waals surface area contributed by atoms with Crippen LogP contribution in [0.3, 0.4) is 0 Å². The highest BCUT2D eigenvalue weighted by Gasteiger charge is 2.22. The number of fused-ring (bicyclic) bond motifs is 1. The molecule has 4 aromatic rings. The van der Waals surface area contributed by atoms with E-state index in [1.165, 1.54) is 11.0 Å². The second-order valence-electron chi connectivity index (χ2n) is 7.80. The van der Waals surface area contributed by atoms with Crippen LogP contribution in [0, 0.1) is 6.92 Å². The standard InChI is InChI=1S/C24H21F2N5O3/c1-15-29-19-7-6-16(18-11-27-24(28-12-18)30-8-9-33-14-22(30)32)10-20(19)31(15)13-17-4-2-3-5-21(17)34-23(25)26/h2-7,10-12,23H,8-9,13-14H2,1H3. The molecule has 1 fully saturated rings. The van der Waals surface area contributed by atoms with Crippen LogP contribution in [0.1, 0.15) is 11.4 Å². The summed E-state index contributed by atoms with van der Waals surface area (Å²) >= 11 is 0. The van der Waals surface area contributed by atoms with Gasteiger partial charge in [-0.1, -0.05) is 24.3 Å².